The highest BCUT2D eigenvalue weighted by atomic mass is 32.1. The molecule has 1 N–H and O–H groups in total. The zero-order valence-electron chi connectivity index (χ0n) is 14.7. The lowest BCUT2D eigenvalue weighted by Gasteiger charge is -2.16. The lowest BCUT2D eigenvalue weighted by molar-refractivity contribution is -0.140. The monoisotopic (exact) mass is 380 g/mol. The average Bonchev–Trinajstić information content (AvgIpc) is 3.30. The third kappa shape index (κ3) is 2.86. The molecule has 1 aromatic carbocycles. The van der Waals surface area contributed by atoms with Gasteiger partial charge in [0.05, 0.1) is 11.6 Å². The van der Waals surface area contributed by atoms with Crippen LogP contribution in [0.15, 0.2) is 57.3 Å². The number of benzene rings is 1. The third-order valence-corrected chi connectivity index (χ3v) is 5.32. The smallest absolute Gasteiger partial charge is 0.326 e. The molecule has 1 unspecified atom stereocenters. The lowest BCUT2D eigenvalue weighted by atomic mass is 10.1. The van der Waals surface area contributed by atoms with E-state index < -0.39 is 12.0 Å². The highest BCUT2D eigenvalue weighted by Gasteiger charge is 2.25. The van der Waals surface area contributed by atoms with Gasteiger partial charge in [-0.05, 0) is 32.0 Å². The van der Waals surface area contributed by atoms with E-state index in [0.717, 1.165) is 5.56 Å². The second-order valence-corrected chi connectivity index (χ2v) is 7.16. The number of hydrogen-bond acceptors (Lipinski definition) is 5. The van der Waals surface area contributed by atoms with E-state index >= 15 is 0 Å². The lowest BCUT2D eigenvalue weighted by Crippen LogP contribution is -2.30. The molecule has 0 aliphatic heterocycles. The van der Waals surface area contributed by atoms with Crippen LogP contribution in [0.5, 0.6) is 0 Å². The van der Waals surface area contributed by atoms with Crippen molar-refractivity contribution in [1.82, 2.24) is 9.55 Å². The molecule has 0 saturated carbocycles. The van der Waals surface area contributed by atoms with Crippen molar-refractivity contribution in [2.45, 2.75) is 19.9 Å². The maximum Gasteiger partial charge on any atom is 0.326 e. The van der Waals surface area contributed by atoms with Gasteiger partial charge in [0.2, 0.25) is 0 Å². The quantitative estimate of drug-likeness (QED) is 0.569. The third-order valence-electron chi connectivity index (χ3n) is 4.45. The topological polar surface area (TPSA) is 85.3 Å². The summed E-state index contributed by atoms with van der Waals surface area (Å²) >= 11 is 1.34. The SMILES string of the molecule is Cc1cccc(-c2nc3scc(-c4ccco4)c3c(=O)n2C(C)C(=O)O)c1. The van der Waals surface area contributed by atoms with Gasteiger partial charge >= 0.3 is 5.97 Å². The molecule has 4 aromatic rings. The van der Waals surface area contributed by atoms with E-state index in [1.807, 2.05) is 36.6 Å². The highest BCUT2D eigenvalue weighted by molar-refractivity contribution is 7.17. The normalized spacial score (nSPS) is 12.4. The minimum atomic E-state index is -1.10. The van der Waals surface area contributed by atoms with E-state index in [0.29, 0.717) is 32.9 Å². The zero-order valence-corrected chi connectivity index (χ0v) is 15.5. The number of thiophene rings is 1. The number of rotatable bonds is 4. The summed E-state index contributed by atoms with van der Waals surface area (Å²) in [5.74, 6) is -0.196. The Labute approximate surface area is 158 Å². The van der Waals surface area contributed by atoms with Crippen LogP contribution in [0.1, 0.15) is 18.5 Å². The van der Waals surface area contributed by atoms with Gasteiger partial charge in [-0.25, -0.2) is 9.78 Å². The predicted octanol–water partition coefficient (Wildman–Crippen LogP) is 4.34. The van der Waals surface area contributed by atoms with Gasteiger partial charge < -0.3 is 9.52 Å². The van der Waals surface area contributed by atoms with Gasteiger partial charge in [-0.1, -0.05) is 23.8 Å². The van der Waals surface area contributed by atoms with Crippen LogP contribution in [0, 0.1) is 6.92 Å². The molecule has 6 nitrogen and oxygen atoms in total. The van der Waals surface area contributed by atoms with E-state index in [1.165, 1.54) is 29.1 Å². The number of furan rings is 1. The van der Waals surface area contributed by atoms with Crippen LogP contribution < -0.4 is 5.56 Å². The van der Waals surface area contributed by atoms with Gasteiger partial charge in [0, 0.05) is 16.5 Å². The van der Waals surface area contributed by atoms with E-state index in [-0.39, 0.29) is 5.56 Å². The number of carbonyl (C=O) groups is 1. The fourth-order valence-corrected chi connectivity index (χ4v) is 3.99. The maximum atomic E-state index is 13.4. The molecule has 1 atom stereocenters. The minimum absolute atomic E-state index is 0.346. The Bertz CT molecular complexity index is 1200. The molecule has 0 saturated heterocycles. The van der Waals surface area contributed by atoms with Gasteiger partial charge in [-0.2, -0.15) is 0 Å². The summed E-state index contributed by atoms with van der Waals surface area (Å²) in [6.45, 7) is 3.42. The van der Waals surface area contributed by atoms with E-state index in [1.54, 1.807) is 12.1 Å². The summed E-state index contributed by atoms with van der Waals surface area (Å²) in [5, 5.41) is 11.7. The number of fused-ring (bicyclic) bond motifs is 1. The van der Waals surface area contributed by atoms with Gasteiger partial charge in [0.25, 0.3) is 5.56 Å². The molecule has 0 bridgehead atoms. The Balaban J connectivity index is 2.08. The van der Waals surface area contributed by atoms with Gasteiger partial charge in [-0.3, -0.25) is 9.36 Å². The molecule has 7 heteroatoms. The minimum Gasteiger partial charge on any atom is -0.480 e. The van der Waals surface area contributed by atoms with Crippen LogP contribution in [0.2, 0.25) is 0 Å². The summed E-state index contributed by atoms with van der Waals surface area (Å²) < 4.78 is 6.68. The maximum absolute atomic E-state index is 13.4. The summed E-state index contributed by atoms with van der Waals surface area (Å²) in [7, 11) is 0. The van der Waals surface area contributed by atoms with E-state index in [2.05, 4.69) is 4.98 Å². The number of nitrogens with zero attached hydrogens (tertiary/aromatic N) is 2. The van der Waals surface area contributed by atoms with E-state index in [4.69, 9.17) is 4.42 Å². The van der Waals surface area contributed by atoms with Gasteiger partial charge in [-0.15, -0.1) is 11.3 Å². The van der Waals surface area contributed by atoms with Crippen molar-refractivity contribution in [1.29, 1.82) is 0 Å². The van der Waals surface area contributed by atoms with Gasteiger partial charge in [0.1, 0.15) is 22.5 Å². The fraction of sp³-hybridized carbons (Fsp3) is 0.150. The first kappa shape index (κ1) is 17.2. The second kappa shape index (κ2) is 6.51. The molecule has 3 aromatic heterocycles. The summed E-state index contributed by atoms with van der Waals surface area (Å²) in [6.07, 6.45) is 1.53. The number of carboxylic acids is 1. The first-order valence-electron chi connectivity index (χ1n) is 8.35. The molecule has 4 rings (SSSR count). The summed E-state index contributed by atoms with van der Waals surface area (Å²) in [5.41, 5.74) is 1.94. The molecule has 0 radical (unpaired) electrons. The average molecular weight is 380 g/mol. The fourth-order valence-electron chi connectivity index (χ4n) is 3.07. The Morgan fingerprint density at radius 3 is 2.78 bits per heavy atom. The highest BCUT2D eigenvalue weighted by Crippen LogP contribution is 2.33. The van der Waals surface area contributed by atoms with Crippen LogP contribution in [-0.2, 0) is 4.79 Å². The molecule has 27 heavy (non-hydrogen) atoms. The van der Waals surface area contributed by atoms with Crippen molar-refractivity contribution in [3.8, 4) is 22.7 Å². The first-order chi connectivity index (χ1) is 13.0. The van der Waals surface area contributed by atoms with Crippen molar-refractivity contribution in [3.63, 3.8) is 0 Å². The number of aliphatic carboxylic acids is 1. The molecular weight excluding hydrogens is 364 g/mol. The molecule has 3 heterocycles. The first-order valence-corrected chi connectivity index (χ1v) is 9.23. The summed E-state index contributed by atoms with van der Waals surface area (Å²) in [4.78, 5) is 30.3. The standard InChI is InChI=1S/C20H16N2O4S/c1-11-5-3-6-13(9-11)17-21-18-16(19(23)22(17)12(2)20(24)25)14(10-27-18)15-7-4-8-26-15/h3-10,12H,1-2H3,(H,24,25). The largest absolute Gasteiger partial charge is 0.480 e. The number of carboxylic acid groups (broad SMARTS) is 1. The van der Waals surface area contributed by atoms with Crippen LogP contribution in [0.4, 0.5) is 0 Å². The predicted molar refractivity (Wildman–Crippen MR) is 104 cm³/mol. The van der Waals surface area contributed by atoms with Crippen molar-refractivity contribution < 1.29 is 14.3 Å². The van der Waals surface area contributed by atoms with Crippen LogP contribution in [0.3, 0.4) is 0 Å². The van der Waals surface area contributed by atoms with Crippen molar-refractivity contribution in [2.24, 2.45) is 0 Å². The molecule has 0 aliphatic carbocycles. The second-order valence-electron chi connectivity index (χ2n) is 6.30. The molecule has 0 fully saturated rings. The number of aryl methyl sites for hydroxylation is 1. The Kier molecular flexibility index (Phi) is 4.16. The van der Waals surface area contributed by atoms with Crippen LogP contribution >= 0.6 is 11.3 Å². The molecule has 0 spiro atoms. The molecular formula is C20H16N2O4S. The Morgan fingerprint density at radius 1 is 1.30 bits per heavy atom. The Hall–Kier alpha value is -3.19. The van der Waals surface area contributed by atoms with Crippen LogP contribution in [0.25, 0.3) is 32.9 Å². The number of hydrogen-bond donors (Lipinski definition) is 1. The van der Waals surface area contributed by atoms with E-state index in [9.17, 15) is 14.7 Å². The molecule has 136 valence electrons. The zero-order chi connectivity index (χ0) is 19.1. The Morgan fingerprint density at radius 2 is 2.11 bits per heavy atom. The van der Waals surface area contributed by atoms with Gasteiger partial charge in [0.15, 0.2) is 0 Å². The van der Waals surface area contributed by atoms with Crippen molar-refractivity contribution in [3.05, 3.63) is 64.0 Å². The van der Waals surface area contributed by atoms with Crippen molar-refractivity contribution >= 4 is 27.5 Å². The number of aromatic nitrogens is 2. The molecule has 0 aliphatic rings. The summed E-state index contributed by atoms with van der Waals surface area (Å²) in [6, 6.07) is 9.96. The van der Waals surface area contributed by atoms with Crippen molar-refractivity contribution in [2.75, 3.05) is 0 Å². The molecule has 0 amide bonds. The van der Waals surface area contributed by atoms with Crippen LogP contribution in [-0.4, -0.2) is 20.6 Å².